The van der Waals surface area contributed by atoms with Gasteiger partial charge < -0.3 is 14.2 Å². The maximum absolute atomic E-state index is 12.2. The number of alkyl halides is 1. The molecule has 120 valence electrons. The standard InChI is InChI=1S/C13H20BrNO6/c1-13(2,3)21-12(18)15-8(11(17)19-4)7-9(10(15)16)20-6-5-14/h8-9H,5-7H2,1-4H3/t8?,9-/m0/s1. The first-order chi connectivity index (χ1) is 9.71. The fourth-order valence-corrected chi connectivity index (χ4v) is 2.10. The second-order valence-corrected chi connectivity index (χ2v) is 6.30. The van der Waals surface area contributed by atoms with Crippen molar-refractivity contribution < 1.29 is 28.6 Å². The third-order valence-electron chi connectivity index (χ3n) is 2.72. The molecule has 0 spiro atoms. The van der Waals surface area contributed by atoms with Crippen LogP contribution >= 0.6 is 15.9 Å². The highest BCUT2D eigenvalue weighted by Gasteiger charge is 2.49. The number of halogens is 1. The molecule has 0 aliphatic carbocycles. The summed E-state index contributed by atoms with van der Waals surface area (Å²) in [6.07, 6.45) is -1.65. The van der Waals surface area contributed by atoms with Crippen molar-refractivity contribution in [2.45, 2.75) is 44.9 Å². The highest BCUT2D eigenvalue weighted by molar-refractivity contribution is 9.09. The molecule has 2 atom stereocenters. The second kappa shape index (κ2) is 7.22. The molecule has 0 N–H and O–H groups in total. The van der Waals surface area contributed by atoms with E-state index in [-0.39, 0.29) is 6.42 Å². The Labute approximate surface area is 132 Å². The number of amides is 2. The SMILES string of the molecule is COC(=O)C1C[C@H](OCCBr)C(=O)N1C(=O)OC(C)(C)C. The Bertz CT molecular complexity index is 419. The lowest BCUT2D eigenvalue weighted by Crippen LogP contribution is -2.46. The van der Waals surface area contributed by atoms with Gasteiger partial charge in [-0.3, -0.25) is 4.79 Å². The van der Waals surface area contributed by atoms with Crippen LogP contribution in [0.25, 0.3) is 0 Å². The van der Waals surface area contributed by atoms with Crippen LogP contribution in [0.5, 0.6) is 0 Å². The molecular formula is C13H20BrNO6. The molecule has 8 heteroatoms. The lowest BCUT2D eigenvalue weighted by molar-refractivity contribution is -0.149. The number of esters is 1. The van der Waals surface area contributed by atoms with E-state index in [4.69, 9.17) is 9.47 Å². The number of ether oxygens (including phenoxy) is 3. The number of nitrogens with zero attached hydrogens (tertiary/aromatic N) is 1. The van der Waals surface area contributed by atoms with Crippen molar-refractivity contribution >= 4 is 33.9 Å². The molecule has 0 aromatic carbocycles. The molecule has 0 radical (unpaired) electrons. The Morgan fingerprint density at radius 1 is 1.38 bits per heavy atom. The zero-order chi connectivity index (χ0) is 16.2. The Morgan fingerprint density at radius 3 is 2.48 bits per heavy atom. The van der Waals surface area contributed by atoms with Crippen LogP contribution < -0.4 is 0 Å². The predicted octanol–water partition coefficient (Wildman–Crippen LogP) is 1.48. The maximum Gasteiger partial charge on any atom is 0.417 e. The summed E-state index contributed by atoms with van der Waals surface area (Å²) in [5, 5.41) is 0.548. The molecule has 1 unspecified atom stereocenters. The Hall–Kier alpha value is -1.15. The molecule has 2 amide bonds. The van der Waals surface area contributed by atoms with Crippen molar-refractivity contribution in [3.63, 3.8) is 0 Å². The third-order valence-corrected chi connectivity index (χ3v) is 3.05. The minimum Gasteiger partial charge on any atom is -0.467 e. The van der Waals surface area contributed by atoms with Gasteiger partial charge in [-0.05, 0) is 20.8 Å². The summed E-state index contributed by atoms with van der Waals surface area (Å²) in [6.45, 7) is 5.33. The van der Waals surface area contributed by atoms with Gasteiger partial charge in [0.2, 0.25) is 0 Å². The number of carbonyl (C=O) groups excluding carboxylic acids is 3. The topological polar surface area (TPSA) is 82.1 Å². The van der Waals surface area contributed by atoms with E-state index in [0.29, 0.717) is 11.9 Å². The molecule has 1 fully saturated rings. The van der Waals surface area contributed by atoms with Gasteiger partial charge in [0.1, 0.15) is 17.7 Å². The summed E-state index contributed by atoms with van der Waals surface area (Å²) in [5.74, 6) is -1.25. The largest absolute Gasteiger partial charge is 0.467 e. The molecular weight excluding hydrogens is 346 g/mol. The van der Waals surface area contributed by atoms with Gasteiger partial charge in [-0.15, -0.1) is 0 Å². The van der Waals surface area contributed by atoms with Gasteiger partial charge in [0.25, 0.3) is 5.91 Å². The van der Waals surface area contributed by atoms with Crippen LogP contribution in [0.3, 0.4) is 0 Å². The van der Waals surface area contributed by atoms with Crippen LogP contribution in [0.15, 0.2) is 0 Å². The summed E-state index contributed by atoms with van der Waals surface area (Å²) < 4.78 is 15.1. The summed E-state index contributed by atoms with van der Waals surface area (Å²) in [4.78, 5) is 36.9. The Morgan fingerprint density at radius 2 is 2.00 bits per heavy atom. The average Bonchev–Trinajstić information content (AvgIpc) is 2.70. The summed E-state index contributed by atoms with van der Waals surface area (Å²) in [5.41, 5.74) is -0.771. The molecule has 1 heterocycles. The molecule has 21 heavy (non-hydrogen) atoms. The van der Waals surface area contributed by atoms with E-state index in [2.05, 4.69) is 20.7 Å². The van der Waals surface area contributed by atoms with E-state index < -0.39 is 35.7 Å². The molecule has 1 saturated heterocycles. The number of rotatable bonds is 4. The number of methoxy groups -OCH3 is 1. The van der Waals surface area contributed by atoms with E-state index in [1.54, 1.807) is 20.8 Å². The van der Waals surface area contributed by atoms with Crippen LogP contribution in [0, 0.1) is 0 Å². The van der Waals surface area contributed by atoms with E-state index in [1.807, 2.05) is 0 Å². The molecule has 7 nitrogen and oxygen atoms in total. The number of imide groups is 1. The van der Waals surface area contributed by atoms with Crippen LogP contribution in [-0.2, 0) is 23.8 Å². The summed E-state index contributed by atoms with van der Waals surface area (Å²) in [7, 11) is 1.20. The highest BCUT2D eigenvalue weighted by atomic mass is 79.9. The minimum atomic E-state index is -1.02. The zero-order valence-electron chi connectivity index (χ0n) is 12.6. The van der Waals surface area contributed by atoms with E-state index in [1.165, 1.54) is 7.11 Å². The van der Waals surface area contributed by atoms with Crippen LogP contribution in [-0.4, -0.2) is 59.7 Å². The molecule has 1 rings (SSSR count). The molecule has 0 saturated carbocycles. The van der Waals surface area contributed by atoms with Crippen LogP contribution in [0.2, 0.25) is 0 Å². The first-order valence-corrected chi connectivity index (χ1v) is 7.65. The van der Waals surface area contributed by atoms with E-state index in [9.17, 15) is 14.4 Å². The quantitative estimate of drug-likeness (QED) is 0.554. The summed E-state index contributed by atoms with van der Waals surface area (Å²) in [6, 6.07) is -1.02. The molecule has 0 aromatic heterocycles. The number of carbonyl (C=O) groups is 3. The van der Waals surface area contributed by atoms with Crippen molar-refractivity contribution in [3.8, 4) is 0 Å². The smallest absolute Gasteiger partial charge is 0.417 e. The van der Waals surface area contributed by atoms with Gasteiger partial charge in [0.05, 0.1) is 13.7 Å². The lowest BCUT2D eigenvalue weighted by atomic mass is 10.2. The highest BCUT2D eigenvalue weighted by Crippen LogP contribution is 2.25. The van der Waals surface area contributed by atoms with Crippen molar-refractivity contribution in [1.29, 1.82) is 0 Å². The van der Waals surface area contributed by atoms with Crippen molar-refractivity contribution in [2.75, 3.05) is 19.0 Å². The molecule has 0 aromatic rings. The fraction of sp³-hybridized carbons (Fsp3) is 0.769. The number of hydrogen-bond acceptors (Lipinski definition) is 6. The molecule has 0 bridgehead atoms. The maximum atomic E-state index is 12.2. The number of likely N-dealkylation sites (tertiary alicyclic amines) is 1. The second-order valence-electron chi connectivity index (χ2n) is 5.51. The van der Waals surface area contributed by atoms with Gasteiger partial charge in [-0.25, -0.2) is 14.5 Å². The van der Waals surface area contributed by atoms with Gasteiger partial charge in [-0.1, -0.05) is 15.9 Å². The van der Waals surface area contributed by atoms with E-state index >= 15 is 0 Å². The van der Waals surface area contributed by atoms with Crippen LogP contribution in [0.4, 0.5) is 4.79 Å². The van der Waals surface area contributed by atoms with Crippen molar-refractivity contribution in [2.24, 2.45) is 0 Å². The Kier molecular flexibility index (Phi) is 6.15. The van der Waals surface area contributed by atoms with Crippen molar-refractivity contribution in [1.82, 2.24) is 4.90 Å². The van der Waals surface area contributed by atoms with E-state index in [0.717, 1.165) is 4.90 Å². The summed E-state index contributed by atoms with van der Waals surface area (Å²) >= 11 is 3.18. The number of hydrogen-bond donors (Lipinski definition) is 0. The fourth-order valence-electron chi connectivity index (χ4n) is 1.91. The predicted molar refractivity (Wildman–Crippen MR) is 77.0 cm³/mol. The lowest BCUT2D eigenvalue weighted by Gasteiger charge is -2.26. The first-order valence-electron chi connectivity index (χ1n) is 6.52. The van der Waals surface area contributed by atoms with Gasteiger partial charge in [0, 0.05) is 11.8 Å². The zero-order valence-corrected chi connectivity index (χ0v) is 14.1. The van der Waals surface area contributed by atoms with Gasteiger partial charge in [-0.2, -0.15) is 0 Å². The van der Waals surface area contributed by atoms with Crippen LogP contribution in [0.1, 0.15) is 27.2 Å². The van der Waals surface area contributed by atoms with Gasteiger partial charge >= 0.3 is 12.1 Å². The first kappa shape index (κ1) is 17.9. The average molecular weight is 366 g/mol. The van der Waals surface area contributed by atoms with Crippen molar-refractivity contribution in [3.05, 3.63) is 0 Å². The van der Waals surface area contributed by atoms with Gasteiger partial charge in [0.15, 0.2) is 0 Å². The molecule has 1 aliphatic rings. The Balaban J connectivity index is 2.92. The normalized spacial score (nSPS) is 22.3. The third kappa shape index (κ3) is 4.67. The monoisotopic (exact) mass is 365 g/mol. The molecule has 1 aliphatic heterocycles. The minimum absolute atomic E-state index is 0.0672.